The molecule has 0 atom stereocenters. The highest BCUT2D eigenvalue weighted by atomic mass is 127. The van der Waals surface area contributed by atoms with Crippen molar-refractivity contribution >= 4 is 40.1 Å². The Labute approximate surface area is 101 Å². The third-order valence-electron chi connectivity index (χ3n) is 1.72. The van der Waals surface area contributed by atoms with Crippen LogP contribution in [-0.4, -0.2) is 25.1 Å². The minimum absolute atomic E-state index is 0.187. The fourth-order valence-electron chi connectivity index (χ4n) is 0.915. The third kappa shape index (κ3) is 2.59. The fraction of sp³-hybridized carbons (Fsp3) is 0.222. The maximum absolute atomic E-state index is 11.7. The largest absolute Gasteiger partial charge is 0.278 e. The summed E-state index contributed by atoms with van der Waals surface area (Å²) in [6, 6.07) is 5.10. The lowest BCUT2D eigenvalue weighted by Gasteiger charge is -2.14. The molecule has 0 aromatic heterocycles. The van der Waals surface area contributed by atoms with Crippen LogP contribution in [0.3, 0.4) is 0 Å². The first-order valence-electron chi connectivity index (χ1n) is 3.83. The van der Waals surface area contributed by atoms with Crippen LogP contribution in [0, 0.1) is 3.57 Å². The Kier molecular flexibility index (Phi) is 4.15. The lowest BCUT2D eigenvalue weighted by molar-refractivity contribution is -0.0757. The molecule has 3 nitrogen and oxygen atoms in total. The second kappa shape index (κ2) is 4.95. The van der Waals surface area contributed by atoms with Gasteiger partial charge < -0.3 is 0 Å². The Morgan fingerprint density at radius 2 is 2.21 bits per heavy atom. The van der Waals surface area contributed by atoms with Crippen LogP contribution in [0.15, 0.2) is 18.2 Å². The van der Waals surface area contributed by atoms with E-state index >= 15 is 0 Å². The SMILES string of the molecule is CON(C)C(=O)c1ccc(Cl)cc1I. The smallest absolute Gasteiger partial charge is 0.274 e. The van der Waals surface area contributed by atoms with E-state index < -0.39 is 0 Å². The van der Waals surface area contributed by atoms with Gasteiger partial charge in [0.25, 0.3) is 5.91 Å². The van der Waals surface area contributed by atoms with E-state index in [2.05, 4.69) is 22.6 Å². The first-order chi connectivity index (χ1) is 6.56. The molecule has 14 heavy (non-hydrogen) atoms. The second-order valence-electron chi connectivity index (χ2n) is 2.61. The first-order valence-corrected chi connectivity index (χ1v) is 5.29. The molecule has 0 heterocycles. The van der Waals surface area contributed by atoms with Crippen LogP contribution in [0.2, 0.25) is 5.02 Å². The topological polar surface area (TPSA) is 29.5 Å². The highest BCUT2D eigenvalue weighted by molar-refractivity contribution is 14.1. The highest BCUT2D eigenvalue weighted by Crippen LogP contribution is 2.19. The number of nitrogens with zero attached hydrogens (tertiary/aromatic N) is 1. The number of halogens is 2. The summed E-state index contributed by atoms with van der Waals surface area (Å²) in [4.78, 5) is 16.5. The second-order valence-corrected chi connectivity index (χ2v) is 4.21. The summed E-state index contributed by atoms with van der Waals surface area (Å²) in [5.41, 5.74) is 0.583. The molecule has 0 spiro atoms. The van der Waals surface area contributed by atoms with Crippen molar-refractivity contribution in [3.8, 4) is 0 Å². The fourth-order valence-corrected chi connectivity index (χ4v) is 2.02. The summed E-state index contributed by atoms with van der Waals surface area (Å²) < 4.78 is 0.809. The molecule has 1 aromatic carbocycles. The van der Waals surface area contributed by atoms with Gasteiger partial charge in [-0.15, -0.1) is 0 Å². The van der Waals surface area contributed by atoms with Crippen molar-refractivity contribution < 1.29 is 9.63 Å². The summed E-state index contributed by atoms with van der Waals surface area (Å²) in [6.07, 6.45) is 0. The molecular formula is C9H9ClINO2. The van der Waals surface area contributed by atoms with Crippen LogP contribution in [0.25, 0.3) is 0 Å². The molecule has 0 radical (unpaired) electrons. The van der Waals surface area contributed by atoms with Gasteiger partial charge >= 0.3 is 0 Å². The molecule has 0 bridgehead atoms. The summed E-state index contributed by atoms with van der Waals surface area (Å²) in [6.45, 7) is 0. The number of carbonyl (C=O) groups is 1. The van der Waals surface area contributed by atoms with Crippen molar-refractivity contribution in [2.45, 2.75) is 0 Å². The minimum Gasteiger partial charge on any atom is -0.274 e. The summed E-state index contributed by atoms with van der Waals surface area (Å²) >= 11 is 7.84. The Balaban J connectivity index is 3.02. The summed E-state index contributed by atoms with van der Waals surface area (Å²) in [5, 5.41) is 1.79. The molecule has 1 aromatic rings. The maximum Gasteiger partial charge on any atom is 0.278 e. The number of rotatable bonds is 2. The van der Waals surface area contributed by atoms with E-state index in [0.717, 1.165) is 3.57 Å². The van der Waals surface area contributed by atoms with E-state index in [0.29, 0.717) is 10.6 Å². The van der Waals surface area contributed by atoms with Crippen molar-refractivity contribution in [1.82, 2.24) is 5.06 Å². The van der Waals surface area contributed by atoms with E-state index in [1.165, 1.54) is 12.2 Å². The number of hydrogen-bond acceptors (Lipinski definition) is 2. The highest BCUT2D eigenvalue weighted by Gasteiger charge is 2.14. The van der Waals surface area contributed by atoms with Gasteiger partial charge in [-0.1, -0.05) is 11.6 Å². The number of benzene rings is 1. The van der Waals surface area contributed by atoms with Crippen LogP contribution in [0.1, 0.15) is 10.4 Å². The molecule has 0 aliphatic carbocycles. The first kappa shape index (κ1) is 11.7. The zero-order valence-electron chi connectivity index (χ0n) is 7.75. The molecule has 0 saturated heterocycles. The minimum atomic E-state index is -0.187. The van der Waals surface area contributed by atoms with Gasteiger partial charge in [-0.2, -0.15) is 0 Å². The molecule has 1 amide bonds. The molecule has 0 saturated carbocycles. The zero-order chi connectivity index (χ0) is 10.7. The molecule has 0 N–H and O–H groups in total. The molecule has 0 fully saturated rings. The molecule has 0 unspecified atom stereocenters. The summed E-state index contributed by atoms with van der Waals surface area (Å²) in [7, 11) is 3.01. The van der Waals surface area contributed by atoms with E-state index in [1.54, 1.807) is 25.2 Å². The van der Waals surface area contributed by atoms with Gasteiger partial charge in [-0.05, 0) is 40.8 Å². The number of amides is 1. The maximum atomic E-state index is 11.7. The standard InChI is InChI=1S/C9H9ClINO2/c1-12(14-2)9(13)7-4-3-6(10)5-8(7)11/h3-5H,1-2H3. The monoisotopic (exact) mass is 325 g/mol. The Hall–Kier alpha value is -0.330. The summed E-state index contributed by atoms with van der Waals surface area (Å²) in [5.74, 6) is -0.187. The van der Waals surface area contributed by atoms with Crippen LogP contribution < -0.4 is 0 Å². The van der Waals surface area contributed by atoms with Crippen molar-refractivity contribution in [1.29, 1.82) is 0 Å². The predicted octanol–water partition coefficient (Wildman–Crippen LogP) is 2.58. The molecular weight excluding hydrogens is 316 g/mol. The van der Waals surface area contributed by atoms with Gasteiger partial charge in [0.15, 0.2) is 0 Å². The Morgan fingerprint density at radius 3 is 2.71 bits per heavy atom. The van der Waals surface area contributed by atoms with Gasteiger partial charge in [0.1, 0.15) is 0 Å². The van der Waals surface area contributed by atoms with E-state index in [1.807, 2.05) is 0 Å². The van der Waals surface area contributed by atoms with E-state index in [9.17, 15) is 4.79 Å². The normalized spacial score (nSPS) is 10.0. The predicted molar refractivity (Wildman–Crippen MR) is 63.3 cm³/mol. The molecule has 1 rings (SSSR count). The molecule has 76 valence electrons. The molecule has 0 aliphatic rings. The van der Waals surface area contributed by atoms with Crippen LogP contribution in [-0.2, 0) is 4.84 Å². The van der Waals surface area contributed by atoms with Crippen LogP contribution in [0.4, 0.5) is 0 Å². The molecule has 0 aliphatic heterocycles. The van der Waals surface area contributed by atoms with Crippen molar-refractivity contribution in [2.75, 3.05) is 14.2 Å². The number of carbonyl (C=O) groups excluding carboxylic acids is 1. The zero-order valence-corrected chi connectivity index (χ0v) is 10.7. The third-order valence-corrected chi connectivity index (χ3v) is 2.85. The van der Waals surface area contributed by atoms with Gasteiger partial charge in [0, 0.05) is 15.6 Å². The molecule has 5 heteroatoms. The van der Waals surface area contributed by atoms with Crippen LogP contribution in [0.5, 0.6) is 0 Å². The number of hydroxylamine groups is 2. The Bertz CT molecular complexity index is 357. The van der Waals surface area contributed by atoms with Gasteiger partial charge in [-0.3, -0.25) is 9.63 Å². The lowest BCUT2D eigenvalue weighted by atomic mass is 10.2. The van der Waals surface area contributed by atoms with Gasteiger partial charge in [-0.25, -0.2) is 5.06 Å². The van der Waals surface area contributed by atoms with Gasteiger partial charge in [0.2, 0.25) is 0 Å². The van der Waals surface area contributed by atoms with Crippen molar-refractivity contribution in [3.05, 3.63) is 32.4 Å². The van der Waals surface area contributed by atoms with Crippen molar-refractivity contribution in [2.24, 2.45) is 0 Å². The average molecular weight is 326 g/mol. The van der Waals surface area contributed by atoms with Gasteiger partial charge in [0.05, 0.1) is 12.7 Å². The average Bonchev–Trinajstić information content (AvgIpc) is 2.15. The van der Waals surface area contributed by atoms with Crippen molar-refractivity contribution in [3.63, 3.8) is 0 Å². The van der Waals surface area contributed by atoms with E-state index in [-0.39, 0.29) is 5.91 Å². The lowest BCUT2D eigenvalue weighted by Crippen LogP contribution is -2.26. The van der Waals surface area contributed by atoms with Crippen LogP contribution >= 0.6 is 34.2 Å². The van der Waals surface area contributed by atoms with E-state index in [4.69, 9.17) is 16.4 Å². The Morgan fingerprint density at radius 1 is 1.57 bits per heavy atom. The number of hydrogen-bond donors (Lipinski definition) is 0. The quantitative estimate of drug-likeness (QED) is 0.618.